The van der Waals surface area contributed by atoms with Crippen molar-refractivity contribution >= 4 is 42.4 Å². The van der Waals surface area contributed by atoms with Crippen LogP contribution in [0.1, 0.15) is 27.0 Å². The third-order valence-electron chi connectivity index (χ3n) is 5.39. The molecule has 0 atom stereocenters. The number of rotatable bonds is 6. The van der Waals surface area contributed by atoms with Gasteiger partial charge in [-0.3, -0.25) is 4.31 Å². The first-order valence-electron chi connectivity index (χ1n) is 10.1. The molecule has 3 aromatic carbocycles. The van der Waals surface area contributed by atoms with Crippen molar-refractivity contribution in [3.63, 3.8) is 0 Å². The molecule has 182 valence electrons. The van der Waals surface area contributed by atoms with Gasteiger partial charge in [-0.1, -0.05) is 36.4 Å². The molecule has 0 amide bonds. The second kappa shape index (κ2) is 10.5. The maximum absolute atomic E-state index is 13.8. The zero-order chi connectivity index (χ0) is 25.5. The summed E-state index contributed by atoms with van der Waals surface area (Å²) in [5.41, 5.74) is -1.22. The monoisotopic (exact) mass is 545 g/mol. The topological polar surface area (TPSA) is 77.5 Å². The molecule has 12 heteroatoms. The van der Waals surface area contributed by atoms with Gasteiger partial charge < -0.3 is 9.90 Å². The molecule has 0 aliphatic rings. The summed E-state index contributed by atoms with van der Waals surface area (Å²) in [6.45, 7) is 1.18. The Balaban J connectivity index is 0.00000361. The number of fused-ring (bicyclic) bond motifs is 1. The van der Waals surface area contributed by atoms with Crippen molar-refractivity contribution in [3.8, 4) is 0 Å². The first kappa shape index (κ1) is 28.1. The standard InChI is InChI=1S/C24H17F4NO4S2.Na/c1-14-18-4-2-3-5-21(18)34-22(14)29(13-15-6-11-20(25)19(12-15)24(26,27)28)35(32,33)17-9-7-16(8-10-17)23(30)31;/h2-12H,13H2,1H3,(H,30,31);/q;+1/p-1. The third-order valence-corrected chi connectivity index (χ3v) is 8.56. The van der Waals surface area contributed by atoms with Gasteiger partial charge in [0, 0.05) is 4.70 Å². The number of benzene rings is 3. The zero-order valence-electron chi connectivity index (χ0n) is 19.0. The molecule has 4 rings (SSSR count). The van der Waals surface area contributed by atoms with Crippen LogP contribution in [0, 0.1) is 12.7 Å². The van der Waals surface area contributed by atoms with Crippen LogP contribution in [-0.4, -0.2) is 14.4 Å². The van der Waals surface area contributed by atoms with E-state index in [4.69, 9.17) is 0 Å². The minimum absolute atomic E-state index is 0. The number of anilines is 1. The van der Waals surface area contributed by atoms with Gasteiger partial charge in [-0.25, -0.2) is 12.8 Å². The van der Waals surface area contributed by atoms with E-state index in [1.54, 1.807) is 31.2 Å². The van der Waals surface area contributed by atoms with Crippen molar-refractivity contribution in [2.24, 2.45) is 0 Å². The van der Waals surface area contributed by atoms with Gasteiger partial charge >= 0.3 is 35.7 Å². The minimum Gasteiger partial charge on any atom is -0.545 e. The van der Waals surface area contributed by atoms with E-state index in [1.165, 1.54) is 0 Å². The fraction of sp³-hybridized carbons (Fsp3) is 0.125. The molecule has 5 nitrogen and oxygen atoms in total. The van der Waals surface area contributed by atoms with Crippen LogP contribution in [0.2, 0.25) is 0 Å². The summed E-state index contributed by atoms with van der Waals surface area (Å²) in [6.07, 6.45) is -4.96. The van der Waals surface area contributed by atoms with Gasteiger partial charge in [-0.05, 0) is 59.3 Å². The summed E-state index contributed by atoms with van der Waals surface area (Å²) < 4.78 is 82.7. The van der Waals surface area contributed by atoms with Crippen molar-refractivity contribution < 1.29 is 65.4 Å². The Morgan fingerprint density at radius 2 is 1.67 bits per heavy atom. The number of carbonyl (C=O) groups is 1. The first-order valence-corrected chi connectivity index (χ1v) is 12.3. The number of thiophene rings is 1. The summed E-state index contributed by atoms with van der Waals surface area (Å²) in [7, 11) is -4.37. The summed E-state index contributed by atoms with van der Waals surface area (Å²) in [4.78, 5) is 10.8. The van der Waals surface area contributed by atoms with Crippen LogP contribution in [0.3, 0.4) is 0 Å². The van der Waals surface area contributed by atoms with Crippen LogP contribution in [0.4, 0.5) is 22.6 Å². The Hall–Kier alpha value is -2.44. The fourth-order valence-electron chi connectivity index (χ4n) is 3.61. The van der Waals surface area contributed by atoms with Gasteiger partial charge in [0.05, 0.1) is 23.0 Å². The number of nitrogens with zero attached hydrogens (tertiary/aromatic N) is 1. The number of carbonyl (C=O) groups excluding carboxylic acids is 1. The molecule has 0 spiro atoms. The van der Waals surface area contributed by atoms with Gasteiger partial charge in [0.25, 0.3) is 10.0 Å². The molecule has 0 aliphatic heterocycles. The number of carboxylic acids is 1. The maximum Gasteiger partial charge on any atom is 1.00 e. The molecule has 1 heterocycles. The molecule has 0 fully saturated rings. The molecule has 0 bridgehead atoms. The smallest absolute Gasteiger partial charge is 0.545 e. The Morgan fingerprint density at radius 3 is 2.25 bits per heavy atom. The number of halogens is 4. The molecule has 0 aliphatic carbocycles. The van der Waals surface area contributed by atoms with E-state index in [-0.39, 0.29) is 50.6 Å². The van der Waals surface area contributed by atoms with Crippen LogP contribution in [0.25, 0.3) is 10.1 Å². The Kier molecular flexibility index (Phi) is 8.21. The predicted molar refractivity (Wildman–Crippen MR) is 122 cm³/mol. The van der Waals surface area contributed by atoms with E-state index in [1.807, 2.05) is 0 Å². The van der Waals surface area contributed by atoms with Crippen LogP contribution < -0.4 is 39.0 Å². The molecule has 0 N–H and O–H groups in total. The van der Waals surface area contributed by atoms with Crippen LogP contribution in [0.15, 0.2) is 71.6 Å². The van der Waals surface area contributed by atoms with Crippen molar-refractivity contribution in [1.82, 2.24) is 0 Å². The number of sulfonamides is 1. The average molecular weight is 546 g/mol. The molecule has 1 aromatic heterocycles. The second-order valence-electron chi connectivity index (χ2n) is 7.66. The SMILES string of the molecule is Cc1c(N(Cc2ccc(F)c(C(F)(F)F)c2)S(=O)(=O)c2ccc(C(=O)[O-])cc2)sc2ccccc12.[Na+]. The summed E-state index contributed by atoms with van der Waals surface area (Å²) in [5, 5.41) is 12.1. The van der Waals surface area contributed by atoms with Crippen LogP contribution in [-0.2, 0) is 22.7 Å². The Morgan fingerprint density at radius 1 is 1.03 bits per heavy atom. The van der Waals surface area contributed by atoms with Crippen molar-refractivity contribution in [1.29, 1.82) is 0 Å². The van der Waals surface area contributed by atoms with E-state index in [2.05, 4.69) is 0 Å². The molecule has 36 heavy (non-hydrogen) atoms. The fourth-order valence-corrected chi connectivity index (χ4v) is 6.54. The van der Waals surface area contributed by atoms with E-state index in [0.717, 1.165) is 56.1 Å². The average Bonchev–Trinajstić information content (AvgIpc) is 3.13. The second-order valence-corrected chi connectivity index (χ2v) is 10.6. The number of carboxylic acid groups (broad SMARTS) is 1. The predicted octanol–water partition coefficient (Wildman–Crippen LogP) is 2.13. The molecule has 0 unspecified atom stereocenters. The van der Waals surface area contributed by atoms with Gasteiger partial charge in [-0.2, -0.15) is 13.2 Å². The van der Waals surface area contributed by atoms with Crippen LogP contribution >= 0.6 is 11.3 Å². The summed E-state index contributed by atoms with van der Waals surface area (Å²) in [6, 6.07) is 13.8. The van der Waals surface area contributed by atoms with Crippen molar-refractivity contribution in [2.45, 2.75) is 24.5 Å². The number of hydrogen-bond acceptors (Lipinski definition) is 5. The van der Waals surface area contributed by atoms with Crippen LogP contribution in [0.5, 0.6) is 0 Å². The largest absolute Gasteiger partial charge is 1.00 e. The molecule has 0 saturated heterocycles. The Bertz CT molecular complexity index is 1530. The molecule has 0 radical (unpaired) electrons. The Labute approximate surface area is 230 Å². The summed E-state index contributed by atoms with van der Waals surface area (Å²) in [5.74, 6) is -2.95. The number of alkyl halides is 3. The summed E-state index contributed by atoms with van der Waals surface area (Å²) >= 11 is 1.14. The number of aryl methyl sites for hydroxylation is 1. The van der Waals surface area contributed by atoms with E-state index >= 15 is 0 Å². The molecular formula is C24H16F4NNaO4S2. The zero-order valence-corrected chi connectivity index (χ0v) is 22.6. The quantitative estimate of drug-likeness (QED) is 0.275. The maximum atomic E-state index is 13.8. The van der Waals surface area contributed by atoms with Gasteiger partial charge in [0.15, 0.2) is 0 Å². The van der Waals surface area contributed by atoms with Crippen molar-refractivity contribution in [3.05, 3.63) is 94.8 Å². The molecule has 4 aromatic rings. The van der Waals surface area contributed by atoms with Gasteiger partial charge in [0.1, 0.15) is 10.8 Å². The number of hydrogen-bond donors (Lipinski definition) is 0. The van der Waals surface area contributed by atoms with Gasteiger partial charge in [0.2, 0.25) is 0 Å². The van der Waals surface area contributed by atoms with E-state index < -0.39 is 40.1 Å². The van der Waals surface area contributed by atoms with E-state index in [0.29, 0.717) is 17.7 Å². The number of aromatic carboxylic acids is 1. The minimum atomic E-state index is -4.96. The van der Waals surface area contributed by atoms with Crippen molar-refractivity contribution in [2.75, 3.05) is 4.31 Å². The van der Waals surface area contributed by atoms with Gasteiger partial charge in [-0.15, -0.1) is 11.3 Å². The molecule has 0 saturated carbocycles. The normalized spacial score (nSPS) is 11.8. The third kappa shape index (κ3) is 5.45. The molecular weight excluding hydrogens is 529 g/mol. The van der Waals surface area contributed by atoms with E-state index in [9.17, 15) is 35.9 Å². The first-order chi connectivity index (χ1) is 16.4.